The Balaban J connectivity index is 2.26. The first-order valence-corrected chi connectivity index (χ1v) is 7.74. The molecule has 3 N–H and O–H groups in total. The first kappa shape index (κ1) is 18.2. The maximum absolute atomic E-state index is 11.8. The highest BCUT2D eigenvalue weighted by atomic mass is 16.3. The normalized spacial score (nSPS) is 11.2. The molecule has 6 heteroatoms. The van der Waals surface area contributed by atoms with Gasteiger partial charge in [-0.25, -0.2) is 4.98 Å². The van der Waals surface area contributed by atoms with Crippen LogP contribution < -0.4 is 5.73 Å². The van der Waals surface area contributed by atoms with Crippen molar-refractivity contribution in [3.05, 3.63) is 53.7 Å². The van der Waals surface area contributed by atoms with E-state index >= 15 is 0 Å². The van der Waals surface area contributed by atoms with E-state index < -0.39 is 17.9 Å². The fourth-order valence-electron chi connectivity index (χ4n) is 2.07. The van der Waals surface area contributed by atoms with Crippen LogP contribution in [0.4, 0.5) is 0 Å². The van der Waals surface area contributed by atoms with Gasteiger partial charge in [0.05, 0.1) is 5.69 Å². The molecule has 0 saturated carbocycles. The molecule has 2 amide bonds. The Bertz CT molecular complexity index is 852. The quantitative estimate of drug-likeness (QED) is 0.815. The van der Waals surface area contributed by atoms with Crippen LogP contribution in [-0.4, -0.2) is 46.5 Å². The molecule has 1 aromatic carbocycles. The topological polar surface area (TPSA) is 96.5 Å². The molecular weight excluding hydrogens is 318 g/mol. The lowest BCUT2D eigenvalue weighted by atomic mass is 10.1. The van der Waals surface area contributed by atoms with Crippen molar-refractivity contribution in [2.24, 2.45) is 5.73 Å². The van der Waals surface area contributed by atoms with Crippen molar-refractivity contribution >= 4 is 11.8 Å². The minimum atomic E-state index is -1.37. The Morgan fingerprint density at radius 2 is 2.00 bits per heavy atom. The molecule has 2 aromatic rings. The average Bonchev–Trinajstić information content (AvgIpc) is 2.65. The van der Waals surface area contributed by atoms with Crippen molar-refractivity contribution in [3.63, 3.8) is 0 Å². The predicted molar refractivity (Wildman–Crippen MR) is 94.4 cm³/mol. The van der Waals surface area contributed by atoms with E-state index in [2.05, 4.69) is 16.8 Å². The molecular formula is C19H19N3O3. The van der Waals surface area contributed by atoms with Gasteiger partial charge in [-0.1, -0.05) is 30.0 Å². The van der Waals surface area contributed by atoms with Crippen LogP contribution in [0, 0.1) is 11.8 Å². The van der Waals surface area contributed by atoms with Crippen molar-refractivity contribution in [1.29, 1.82) is 0 Å². The Morgan fingerprint density at radius 3 is 2.68 bits per heavy atom. The highest BCUT2D eigenvalue weighted by Crippen LogP contribution is 2.18. The van der Waals surface area contributed by atoms with Crippen LogP contribution in [0.25, 0.3) is 11.3 Å². The summed E-state index contributed by atoms with van der Waals surface area (Å²) >= 11 is 0. The van der Waals surface area contributed by atoms with Gasteiger partial charge in [0.25, 0.3) is 11.8 Å². The summed E-state index contributed by atoms with van der Waals surface area (Å²) in [5, 5.41) is 9.84. The molecule has 0 fully saturated rings. The van der Waals surface area contributed by atoms with Gasteiger partial charge in [0.15, 0.2) is 6.10 Å². The minimum absolute atomic E-state index is 0.178. The molecule has 0 saturated heterocycles. The largest absolute Gasteiger partial charge is 0.372 e. The number of aromatic nitrogens is 1. The number of benzene rings is 1. The molecule has 0 bridgehead atoms. The fraction of sp³-hybridized carbons (Fsp3) is 0.211. The average molecular weight is 337 g/mol. The summed E-state index contributed by atoms with van der Waals surface area (Å²) in [5.41, 5.74) is 7.38. The summed E-state index contributed by atoms with van der Waals surface area (Å²) in [6.45, 7) is 2.31. The van der Waals surface area contributed by atoms with Crippen molar-refractivity contribution in [2.45, 2.75) is 13.0 Å². The summed E-state index contributed by atoms with van der Waals surface area (Å²) in [6.07, 6.45) is -1.37. The molecule has 0 aliphatic heterocycles. The number of carbonyl (C=O) groups is 2. The van der Waals surface area contributed by atoms with Gasteiger partial charge < -0.3 is 15.7 Å². The summed E-state index contributed by atoms with van der Waals surface area (Å²) in [6, 6.07) is 12.1. The van der Waals surface area contributed by atoms with E-state index in [1.54, 1.807) is 43.4 Å². The van der Waals surface area contributed by atoms with Crippen molar-refractivity contribution < 1.29 is 14.7 Å². The SMILES string of the molecule is CCN(C)C(=O)C(O)C#Cc1cccc(-c2cccc(C(N)=O)n2)c1. The number of amides is 2. The van der Waals surface area contributed by atoms with E-state index in [-0.39, 0.29) is 5.69 Å². The zero-order chi connectivity index (χ0) is 18.4. The summed E-state index contributed by atoms with van der Waals surface area (Å²) in [5.74, 6) is 4.29. The number of pyridine rings is 1. The van der Waals surface area contributed by atoms with Gasteiger partial charge in [-0.2, -0.15) is 0 Å². The van der Waals surface area contributed by atoms with Crippen molar-refractivity contribution in [3.8, 4) is 23.1 Å². The Kier molecular flexibility index (Phi) is 5.88. The Labute approximate surface area is 146 Å². The second kappa shape index (κ2) is 8.08. The van der Waals surface area contributed by atoms with Crippen LogP contribution in [-0.2, 0) is 4.79 Å². The first-order valence-electron chi connectivity index (χ1n) is 7.74. The molecule has 6 nitrogen and oxygen atoms in total. The number of hydrogen-bond donors (Lipinski definition) is 2. The highest BCUT2D eigenvalue weighted by molar-refractivity contribution is 5.91. The summed E-state index contributed by atoms with van der Waals surface area (Å²) in [7, 11) is 1.60. The number of primary amides is 1. The van der Waals surface area contributed by atoms with E-state index in [9.17, 15) is 14.7 Å². The summed E-state index contributed by atoms with van der Waals surface area (Å²) < 4.78 is 0. The third kappa shape index (κ3) is 4.66. The van der Waals surface area contributed by atoms with E-state index in [1.165, 1.54) is 4.90 Å². The van der Waals surface area contributed by atoms with Crippen LogP contribution in [0.2, 0.25) is 0 Å². The van der Waals surface area contributed by atoms with Gasteiger partial charge >= 0.3 is 0 Å². The maximum Gasteiger partial charge on any atom is 0.267 e. The molecule has 0 spiro atoms. The number of likely N-dealkylation sites (N-methyl/N-ethyl adjacent to an activating group) is 1. The first-order chi connectivity index (χ1) is 11.9. The molecule has 0 aliphatic carbocycles. The molecule has 1 aromatic heterocycles. The number of nitrogens with two attached hydrogens (primary N) is 1. The molecule has 1 unspecified atom stereocenters. The zero-order valence-corrected chi connectivity index (χ0v) is 14.1. The number of aliphatic hydroxyl groups excluding tert-OH is 1. The van der Waals surface area contributed by atoms with Gasteiger partial charge in [-0.15, -0.1) is 0 Å². The van der Waals surface area contributed by atoms with Crippen molar-refractivity contribution in [2.75, 3.05) is 13.6 Å². The second-order valence-corrected chi connectivity index (χ2v) is 5.38. The van der Waals surface area contributed by atoms with Gasteiger partial charge in [-0.3, -0.25) is 9.59 Å². The monoisotopic (exact) mass is 337 g/mol. The number of hydrogen-bond acceptors (Lipinski definition) is 4. The van der Waals surface area contributed by atoms with E-state index in [4.69, 9.17) is 5.73 Å². The van der Waals surface area contributed by atoms with E-state index in [0.29, 0.717) is 17.8 Å². The molecule has 2 rings (SSSR count). The third-order valence-electron chi connectivity index (χ3n) is 3.60. The number of carbonyl (C=O) groups excluding carboxylic acids is 2. The molecule has 128 valence electrons. The number of nitrogens with zero attached hydrogens (tertiary/aromatic N) is 2. The Hall–Kier alpha value is -3.17. The van der Waals surface area contributed by atoms with E-state index in [1.807, 2.05) is 13.0 Å². The van der Waals surface area contributed by atoms with Crippen LogP contribution in [0.15, 0.2) is 42.5 Å². The molecule has 0 aliphatic rings. The van der Waals surface area contributed by atoms with Crippen LogP contribution in [0.5, 0.6) is 0 Å². The van der Waals surface area contributed by atoms with Crippen LogP contribution in [0.1, 0.15) is 23.0 Å². The third-order valence-corrected chi connectivity index (χ3v) is 3.60. The number of rotatable bonds is 4. The maximum atomic E-state index is 11.8. The fourth-order valence-corrected chi connectivity index (χ4v) is 2.07. The minimum Gasteiger partial charge on any atom is -0.372 e. The number of aliphatic hydroxyl groups is 1. The van der Waals surface area contributed by atoms with Gasteiger partial charge in [0.1, 0.15) is 5.69 Å². The highest BCUT2D eigenvalue weighted by Gasteiger charge is 2.15. The lowest BCUT2D eigenvalue weighted by Crippen LogP contribution is -2.35. The lowest BCUT2D eigenvalue weighted by Gasteiger charge is -2.15. The van der Waals surface area contributed by atoms with Crippen LogP contribution >= 0.6 is 0 Å². The van der Waals surface area contributed by atoms with Gasteiger partial charge in [0, 0.05) is 24.7 Å². The molecule has 1 atom stereocenters. The van der Waals surface area contributed by atoms with E-state index in [0.717, 1.165) is 5.56 Å². The standard InChI is InChI=1S/C19H19N3O3/c1-3-22(2)19(25)17(23)11-10-13-6-4-7-14(12-13)15-8-5-9-16(21-15)18(20)24/h4-9,12,17,23H,3H2,1-2H3,(H2,20,24). The van der Waals surface area contributed by atoms with Crippen molar-refractivity contribution in [1.82, 2.24) is 9.88 Å². The smallest absolute Gasteiger partial charge is 0.267 e. The zero-order valence-electron chi connectivity index (χ0n) is 14.1. The van der Waals surface area contributed by atoms with Crippen LogP contribution in [0.3, 0.4) is 0 Å². The summed E-state index contributed by atoms with van der Waals surface area (Å²) in [4.78, 5) is 28.7. The van der Waals surface area contributed by atoms with Gasteiger partial charge in [0.2, 0.25) is 0 Å². The molecule has 0 radical (unpaired) electrons. The predicted octanol–water partition coefficient (Wildman–Crippen LogP) is 1.04. The Morgan fingerprint density at radius 1 is 1.28 bits per heavy atom. The lowest BCUT2D eigenvalue weighted by molar-refractivity contribution is -0.135. The molecule has 25 heavy (non-hydrogen) atoms. The van der Waals surface area contributed by atoms with Gasteiger partial charge in [-0.05, 0) is 31.2 Å². The molecule has 1 heterocycles. The second-order valence-electron chi connectivity index (χ2n) is 5.38.